The standard InChI is InChI=1S/C13H19N3O/c1-2-5-13-15-11-6-3-4-7-12(11)16(13)8-10(14)9-17/h3-4,6-7,10,17H,2,5,8-9,14H2,1H3. The number of aliphatic hydroxyl groups is 1. The summed E-state index contributed by atoms with van der Waals surface area (Å²) in [6.07, 6.45) is 1.99. The van der Waals surface area contributed by atoms with Crippen molar-refractivity contribution in [2.45, 2.75) is 32.4 Å². The highest BCUT2D eigenvalue weighted by Gasteiger charge is 2.11. The second-order valence-corrected chi connectivity index (χ2v) is 4.32. The lowest BCUT2D eigenvalue weighted by molar-refractivity contribution is 0.254. The molecule has 1 heterocycles. The molecule has 92 valence electrons. The van der Waals surface area contributed by atoms with Crippen molar-refractivity contribution >= 4 is 11.0 Å². The number of imidazole rings is 1. The largest absolute Gasteiger partial charge is 0.395 e. The molecule has 0 aliphatic carbocycles. The van der Waals surface area contributed by atoms with Gasteiger partial charge in [0, 0.05) is 19.0 Å². The molecule has 0 spiro atoms. The lowest BCUT2D eigenvalue weighted by Crippen LogP contribution is -2.30. The van der Waals surface area contributed by atoms with E-state index >= 15 is 0 Å². The van der Waals surface area contributed by atoms with Crippen molar-refractivity contribution in [3.63, 3.8) is 0 Å². The highest BCUT2D eigenvalue weighted by atomic mass is 16.3. The van der Waals surface area contributed by atoms with Crippen LogP contribution in [0.4, 0.5) is 0 Å². The minimum Gasteiger partial charge on any atom is -0.395 e. The summed E-state index contributed by atoms with van der Waals surface area (Å²) in [5, 5.41) is 9.07. The molecule has 1 atom stereocenters. The van der Waals surface area contributed by atoms with Gasteiger partial charge in [-0.05, 0) is 18.6 Å². The number of fused-ring (bicyclic) bond motifs is 1. The van der Waals surface area contributed by atoms with Gasteiger partial charge in [0.25, 0.3) is 0 Å². The molecule has 1 aromatic carbocycles. The first-order chi connectivity index (χ1) is 8.26. The summed E-state index contributed by atoms with van der Waals surface area (Å²) in [5.74, 6) is 1.05. The number of hydrogen-bond acceptors (Lipinski definition) is 3. The minimum absolute atomic E-state index is 0.00191. The molecule has 0 saturated heterocycles. The van der Waals surface area contributed by atoms with Crippen molar-refractivity contribution in [1.82, 2.24) is 9.55 Å². The lowest BCUT2D eigenvalue weighted by Gasteiger charge is -2.13. The van der Waals surface area contributed by atoms with Crippen LogP contribution in [-0.4, -0.2) is 27.3 Å². The third kappa shape index (κ3) is 2.48. The van der Waals surface area contributed by atoms with Crippen molar-refractivity contribution in [1.29, 1.82) is 0 Å². The van der Waals surface area contributed by atoms with E-state index < -0.39 is 0 Å². The molecule has 0 fully saturated rings. The maximum absolute atomic E-state index is 9.07. The average Bonchev–Trinajstić information content (AvgIpc) is 2.68. The maximum Gasteiger partial charge on any atom is 0.109 e. The minimum atomic E-state index is -0.233. The van der Waals surface area contributed by atoms with E-state index in [2.05, 4.69) is 16.5 Å². The van der Waals surface area contributed by atoms with Crippen LogP contribution in [0.3, 0.4) is 0 Å². The van der Waals surface area contributed by atoms with E-state index in [1.54, 1.807) is 0 Å². The van der Waals surface area contributed by atoms with Gasteiger partial charge in [-0.1, -0.05) is 19.1 Å². The number of benzene rings is 1. The van der Waals surface area contributed by atoms with Gasteiger partial charge in [-0.25, -0.2) is 4.98 Å². The summed E-state index contributed by atoms with van der Waals surface area (Å²) in [6.45, 7) is 2.75. The van der Waals surface area contributed by atoms with Gasteiger partial charge in [0.15, 0.2) is 0 Å². The van der Waals surface area contributed by atoms with Gasteiger partial charge in [0.1, 0.15) is 5.82 Å². The second-order valence-electron chi connectivity index (χ2n) is 4.32. The molecular weight excluding hydrogens is 214 g/mol. The molecule has 0 saturated carbocycles. The summed E-state index contributed by atoms with van der Waals surface area (Å²) >= 11 is 0. The van der Waals surface area contributed by atoms with Gasteiger partial charge in [0.2, 0.25) is 0 Å². The van der Waals surface area contributed by atoms with E-state index in [1.165, 1.54) is 0 Å². The number of nitrogens with two attached hydrogens (primary N) is 1. The quantitative estimate of drug-likeness (QED) is 0.818. The Balaban J connectivity index is 2.44. The van der Waals surface area contributed by atoms with Crippen LogP contribution < -0.4 is 5.73 Å². The molecule has 4 heteroatoms. The normalized spacial score (nSPS) is 13.1. The molecule has 0 aliphatic rings. The number of para-hydroxylation sites is 2. The lowest BCUT2D eigenvalue weighted by atomic mass is 10.2. The van der Waals surface area contributed by atoms with E-state index in [4.69, 9.17) is 10.8 Å². The second kappa shape index (κ2) is 5.29. The fraction of sp³-hybridized carbons (Fsp3) is 0.462. The molecule has 2 aromatic rings. The first kappa shape index (κ1) is 12.1. The number of nitrogens with zero attached hydrogens (tertiary/aromatic N) is 2. The highest BCUT2D eigenvalue weighted by Crippen LogP contribution is 2.17. The first-order valence-electron chi connectivity index (χ1n) is 6.06. The number of rotatable bonds is 5. The zero-order valence-electron chi connectivity index (χ0n) is 10.1. The molecule has 2 rings (SSSR count). The molecule has 0 amide bonds. The third-order valence-electron chi connectivity index (χ3n) is 2.86. The number of aliphatic hydroxyl groups excluding tert-OH is 1. The van der Waals surface area contributed by atoms with E-state index in [1.807, 2.05) is 24.3 Å². The summed E-state index contributed by atoms with van der Waals surface area (Å²) in [6, 6.07) is 7.81. The summed E-state index contributed by atoms with van der Waals surface area (Å²) in [7, 11) is 0. The van der Waals surface area contributed by atoms with Gasteiger partial charge in [-0.3, -0.25) is 0 Å². The third-order valence-corrected chi connectivity index (χ3v) is 2.86. The molecule has 3 N–H and O–H groups in total. The molecular formula is C13H19N3O. The van der Waals surface area contributed by atoms with Gasteiger partial charge in [-0.15, -0.1) is 0 Å². The van der Waals surface area contributed by atoms with Crippen LogP contribution in [0.1, 0.15) is 19.2 Å². The van der Waals surface area contributed by atoms with Crippen molar-refractivity contribution < 1.29 is 5.11 Å². The monoisotopic (exact) mass is 233 g/mol. The van der Waals surface area contributed by atoms with Crippen LogP contribution in [0.25, 0.3) is 11.0 Å². The Kier molecular flexibility index (Phi) is 3.76. The van der Waals surface area contributed by atoms with Crippen LogP contribution in [0, 0.1) is 0 Å². The van der Waals surface area contributed by atoms with Gasteiger partial charge in [0.05, 0.1) is 17.6 Å². The van der Waals surface area contributed by atoms with Gasteiger partial charge in [-0.2, -0.15) is 0 Å². The fourth-order valence-corrected chi connectivity index (χ4v) is 2.04. The van der Waals surface area contributed by atoms with Crippen LogP contribution in [-0.2, 0) is 13.0 Å². The molecule has 4 nitrogen and oxygen atoms in total. The van der Waals surface area contributed by atoms with Crippen LogP contribution >= 0.6 is 0 Å². The Morgan fingerprint density at radius 2 is 2.18 bits per heavy atom. The van der Waals surface area contributed by atoms with E-state index in [0.717, 1.165) is 29.7 Å². The smallest absolute Gasteiger partial charge is 0.109 e. The SMILES string of the molecule is CCCc1nc2ccccc2n1CC(N)CO. The van der Waals surface area contributed by atoms with Crippen LogP contribution in [0.5, 0.6) is 0 Å². The van der Waals surface area contributed by atoms with Gasteiger partial charge >= 0.3 is 0 Å². The summed E-state index contributed by atoms with van der Waals surface area (Å²) in [5.41, 5.74) is 7.92. The maximum atomic E-state index is 9.07. The Morgan fingerprint density at radius 1 is 1.41 bits per heavy atom. The predicted octanol–water partition coefficient (Wildman–Crippen LogP) is 1.31. The molecule has 17 heavy (non-hydrogen) atoms. The van der Waals surface area contributed by atoms with Crippen molar-refractivity contribution in [3.05, 3.63) is 30.1 Å². The number of hydrogen-bond donors (Lipinski definition) is 2. The molecule has 0 aliphatic heterocycles. The van der Waals surface area contributed by atoms with E-state index in [9.17, 15) is 0 Å². The summed E-state index contributed by atoms with van der Waals surface area (Å²) < 4.78 is 2.12. The van der Waals surface area contributed by atoms with Crippen LogP contribution in [0.2, 0.25) is 0 Å². The molecule has 0 bridgehead atoms. The Morgan fingerprint density at radius 3 is 2.88 bits per heavy atom. The van der Waals surface area contributed by atoms with E-state index in [0.29, 0.717) is 6.54 Å². The Labute approximate surface area is 101 Å². The fourth-order valence-electron chi connectivity index (χ4n) is 2.04. The van der Waals surface area contributed by atoms with Crippen molar-refractivity contribution in [2.24, 2.45) is 5.73 Å². The first-order valence-corrected chi connectivity index (χ1v) is 6.06. The zero-order chi connectivity index (χ0) is 12.3. The number of aromatic nitrogens is 2. The highest BCUT2D eigenvalue weighted by molar-refractivity contribution is 5.75. The van der Waals surface area contributed by atoms with Gasteiger partial charge < -0.3 is 15.4 Å². The zero-order valence-corrected chi connectivity index (χ0v) is 10.1. The molecule has 1 unspecified atom stereocenters. The Bertz CT molecular complexity index is 492. The van der Waals surface area contributed by atoms with E-state index in [-0.39, 0.29) is 12.6 Å². The van der Waals surface area contributed by atoms with Crippen LogP contribution in [0.15, 0.2) is 24.3 Å². The van der Waals surface area contributed by atoms with Crippen molar-refractivity contribution in [3.8, 4) is 0 Å². The molecule has 1 aromatic heterocycles. The summed E-state index contributed by atoms with van der Waals surface area (Å²) in [4.78, 5) is 4.62. The topological polar surface area (TPSA) is 64.1 Å². The predicted molar refractivity (Wildman–Crippen MR) is 68.8 cm³/mol. The van der Waals surface area contributed by atoms with Crippen molar-refractivity contribution in [2.75, 3.05) is 6.61 Å². The number of aryl methyl sites for hydroxylation is 1. The average molecular weight is 233 g/mol. The molecule has 0 radical (unpaired) electrons. The Hall–Kier alpha value is -1.39.